The third kappa shape index (κ3) is 2.13. The van der Waals surface area contributed by atoms with E-state index >= 15 is 0 Å². The molecule has 24 heavy (non-hydrogen) atoms. The highest BCUT2D eigenvalue weighted by molar-refractivity contribution is 5.81. The van der Waals surface area contributed by atoms with Gasteiger partial charge in [0.25, 0.3) is 0 Å². The Bertz CT molecular complexity index is 592. The van der Waals surface area contributed by atoms with Crippen molar-refractivity contribution < 1.29 is 19.1 Å². The minimum absolute atomic E-state index is 0.0278. The maximum atomic E-state index is 12.7. The monoisotopic (exact) mass is 335 g/mol. The van der Waals surface area contributed by atoms with Gasteiger partial charge in [0, 0.05) is 37.1 Å². The number of hydrogen-bond acceptors (Lipinski definition) is 4. The van der Waals surface area contributed by atoms with Crippen molar-refractivity contribution in [2.75, 3.05) is 26.2 Å². The molecule has 2 bridgehead atoms. The van der Waals surface area contributed by atoms with Gasteiger partial charge < -0.3 is 24.2 Å². The van der Waals surface area contributed by atoms with Gasteiger partial charge in [-0.3, -0.25) is 0 Å². The number of amides is 3. The fourth-order valence-electron chi connectivity index (χ4n) is 4.82. The topological polar surface area (TPSA) is 70.2 Å². The molecule has 7 nitrogen and oxygen atoms in total. The molecule has 2 heterocycles. The number of nitrogens with zero attached hydrogens (tertiary/aromatic N) is 3. The molecule has 2 aliphatic heterocycles. The Labute approximate surface area is 141 Å². The highest BCUT2D eigenvalue weighted by Crippen LogP contribution is 2.69. The first kappa shape index (κ1) is 15.7. The molecule has 2 saturated heterocycles. The average molecular weight is 335 g/mol. The van der Waals surface area contributed by atoms with Crippen LogP contribution in [0.1, 0.15) is 40.0 Å². The zero-order valence-corrected chi connectivity index (χ0v) is 14.6. The number of ether oxygens (including phenoxy) is 1. The summed E-state index contributed by atoms with van der Waals surface area (Å²) in [6.45, 7) is 7.79. The number of piperazine rings is 1. The van der Waals surface area contributed by atoms with E-state index in [0.29, 0.717) is 26.2 Å². The Morgan fingerprint density at radius 2 is 1.88 bits per heavy atom. The number of urea groups is 1. The normalized spacial score (nSPS) is 37.5. The summed E-state index contributed by atoms with van der Waals surface area (Å²) in [5, 5.41) is 0. The Hall–Kier alpha value is -1.79. The summed E-state index contributed by atoms with van der Waals surface area (Å²) < 4.78 is 5.45. The maximum Gasteiger partial charge on any atom is 0.410 e. The summed E-state index contributed by atoms with van der Waals surface area (Å²) in [4.78, 5) is 41.6. The van der Waals surface area contributed by atoms with Crippen LogP contribution in [0.3, 0.4) is 0 Å². The van der Waals surface area contributed by atoms with Crippen molar-refractivity contribution in [3.63, 3.8) is 0 Å². The van der Waals surface area contributed by atoms with Crippen LogP contribution in [0.4, 0.5) is 9.59 Å². The van der Waals surface area contributed by atoms with E-state index in [4.69, 9.17) is 4.74 Å². The predicted octanol–water partition coefficient (Wildman–Crippen LogP) is 1.46. The van der Waals surface area contributed by atoms with Crippen LogP contribution in [-0.4, -0.2) is 76.5 Å². The second kappa shape index (κ2) is 4.64. The van der Waals surface area contributed by atoms with Crippen molar-refractivity contribution in [2.45, 2.75) is 57.2 Å². The quantitative estimate of drug-likeness (QED) is 0.717. The Kier molecular flexibility index (Phi) is 3.04. The lowest BCUT2D eigenvalue weighted by Crippen LogP contribution is -2.75. The molecule has 3 saturated carbocycles. The van der Waals surface area contributed by atoms with Crippen LogP contribution in [0.2, 0.25) is 0 Å². The van der Waals surface area contributed by atoms with Crippen LogP contribution >= 0.6 is 0 Å². The smallest absolute Gasteiger partial charge is 0.410 e. The first-order chi connectivity index (χ1) is 11.2. The van der Waals surface area contributed by atoms with Crippen LogP contribution < -0.4 is 0 Å². The second-order valence-electron chi connectivity index (χ2n) is 8.90. The van der Waals surface area contributed by atoms with E-state index in [2.05, 4.69) is 0 Å². The molecule has 7 heteroatoms. The molecule has 0 aromatic rings. The van der Waals surface area contributed by atoms with Gasteiger partial charge in [0.15, 0.2) is 0 Å². The van der Waals surface area contributed by atoms with Crippen LogP contribution in [0.5, 0.6) is 0 Å². The molecule has 5 rings (SSSR count). The van der Waals surface area contributed by atoms with Gasteiger partial charge in [-0.25, -0.2) is 9.59 Å². The molecular formula is C17H25N3O4. The summed E-state index contributed by atoms with van der Waals surface area (Å²) in [6, 6.07) is 0.100. The molecule has 0 radical (unpaired) electrons. The van der Waals surface area contributed by atoms with Gasteiger partial charge in [-0.2, -0.15) is 0 Å². The van der Waals surface area contributed by atoms with Crippen LogP contribution in [0.15, 0.2) is 0 Å². The molecule has 1 atom stereocenters. The molecule has 3 amide bonds. The van der Waals surface area contributed by atoms with Gasteiger partial charge in [0.2, 0.25) is 0 Å². The number of aldehydes is 1. The highest BCUT2D eigenvalue weighted by Gasteiger charge is 2.72. The standard InChI is InChI=1S/C17H25N3O4/c1-15(2,3)24-14(23)18-4-5-19-12(6-18)7-20(13(19)22)17-8-16(9-17,10-17)11-21/h11-12H,4-10H2,1-3H3/t12-,16?,17?/m0/s1. The second-order valence-corrected chi connectivity index (χ2v) is 8.90. The van der Waals surface area contributed by atoms with E-state index in [9.17, 15) is 14.4 Å². The van der Waals surface area contributed by atoms with Crippen molar-refractivity contribution in [3.05, 3.63) is 0 Å². The number of fused-ring (bicyclic) bond motifs is 1. The molecule has 0 spiro atoms. The molecule has 0 unspecified atom stereocenters. The molecule has 5 fully saturated rings. The molecule has 0 aromatic heterocycles. The maximum absolute atomic E-state index is 12.7. The number of rotatable bonds is 2. The van der Waals surface area contributed by atoms with E-state index < -0.39 is 5.60 Å². The van der Waals surface area contributed by atoms with Crippen molar-refractivity contribution in [1.29, 1.82) is 0 Å². The van der Waals surface area contributed by atoms with E-state index in [1.54, 1.807) is 4.90 Å². The largest absolute Gasteiger partial charge is 0.444 e. The highest BCUT2D eigenvalue weighted by atomic mass is 16.6. The van der Waals surface area contributed by atoms with Crippen LogP contribution in [0, 0.1) is 5.41 Å². The van der Waals surface area contributed by atoms with Crippen molar-refractivity contribution in [2.24, 2.45) is 5.41 Å². The predicted molar refractivity (Wildman–Crippen MR) is 85.5 cm³/mol. The summed E-state index contributed by atoms with van der Waals surface area (Å²) >= 11 is 0. The van der Waals surface area contributed by atoms with Crippen molar-refractivity contribution in [1.82, 2.24) is 14.7 Å². The lowest BCUT2D eigenvalue weighted by molar-refractivity contribution is -0.192. The van der Waals surface area contributed by atoms with Gasteiger partial charge >= 0.3 is 12.1 Å². The number of hydrogen-bond donors (Lipinski definition) is 0. The number of carbonyl (C=O) groups excluding carboxylic acids is 3. The zero-order valence-electron chi connectivity index (χ0n) is 14.6. The third-order valence-corrected chi connectivity index (χ3v) is 5.87. The fraction of sp³-hybridized carbons (Fsp3) is 0.824. The molecular weight excluding hydrogens is 310 g/mol. The fourth-order valence-corrected chi connectivity index (χ4v) is 4.82. The van der Waals surface area contributed by atoms with Gasteiger partial charge in [-0.05, 0) is 40.0 Å². The number of carbonyl (C=O) groups is 3. The lowest BCUT2D eigenvalue weighted by Gasteiger charge is -2.70. The molecule has 0 N–H and O–H groups in total. The van der Waals surface area contributed by atoms with Gasteiger partial charge in [0.1, 0.15) is 11.9 Å². The Balaban J connectivity index is 1.40. The van der Waals surface area contributed by atoms with Gasteiger partial charge in [-0.1, -0.05) is 0 Å². The zero-order chi connectivity index (χ0) is 17.3. The minimum atomic E-state index is -0.513. The van der Waals surface area contributed by atoms with Crippen LogP contribution in [0.25, 0.3) is 0 Å². The Morgan fingerprint density at radius 3 is 2.46 bits per heavy atom. The molecule has 5 aliphatic rings. The summed E-state index contributed by atoms with van der Waals surface area (Å²) in [7, 11) is 0. The first-order valence-corrected chi connectivity index (χ1v) is 8.70. The van der Waals surface area contributed by atoms with E-state index in [0.717, 1.165) is 25.5 Å². The van der Waals surface area contributed by atoms with E-state index in [1.165, 1.54) is 0 Å². The molecule has 3 aliphatic carbocycles. The summed E-state index contributed by atoms with van der Waals surface area (Å²) in [5.74, 6) is 0. The lowest BCUT2D eigenvalue weighted by atomic mass is 9.39. The van der Waals surface area contributed by atoms with Gasteiger partial charge in [-0.15, -0.1) is 0 Å². The van der Waals surface area contributed by atoms with Crippen molar-refractivity contribution in [3.8, 4) is 0 Å². The van der Waals surface area contributed by atoms with E-state index in [1.807, 2.05) is 30.6 Å². The van der Waals surface area contributed by atoms with Crippen LogP contribution in [-0.2, 0) is 9.53 Å². The SMILES string of the molecule is CC(C)(C)OC(=O)N1CCN2C(=O)N(C34CC(C=O)(C3)C4)C[C@@H]2C1. The average Bonchev–Trinajstić information content (AvgIpc) is 2.72. The summed E-state index contributed by atoms with van der Waals surface area (Å²) in [5.41, 5.74) is -0.751. The molecule has 0 aromatic carbocycles. The third-order valence-electron chi connectivity index (χ3n) is 5.87. The first-order valence-electron chi connectivity index (χ1n) is 8.70. The Morgan fingerprint density at radius 1 is 1.21 bits per heavy atom. The van der Waals surface area contributed by atoms with Crippen molar-refractivity contribution >= 4 is 18.4 Å². The molecule has 132 valence electrons. The van der Waals surface area contributed by atoms with E-state index in [-0.39, 0.29) is 29.1 Å². The van der Waals surface area contributed by atoms with Gasteiger partial charge in [0.05, 0.1) is 6.04 Å². The summed E-state index contributed by atoms with van der Waals surface area (Å²) in [6.07, 6.45) is 3.19. The minimum Gasteiger partial charge on any atom is -0.444 e.